The fraction of sp³-hybridized carbons (Fsp3) is 0.722. The topological polar surface area (TPSA) is 44.6 Å². The van der Waals surface area contributed by atoms with Crippen molar-refractivity contribution in [2.75, 3.05) is 26.2 Å². The lowest BCUT2D eigenvalue weighted by atomic mass is 10.2. The number of hydrogen-bond acceptors (Lipinski definition) is 2. The maximum Gasteiger partial charge on any atom is 0.191 e. The van der Waals surface area contributed by atoms with Gasteiger partial charge < -0.3 is 20.1 Å². The minimum atomic E-state index is 0. The Labute approximate surface area is 165 Å². The van der Waals surface area contributed by atoms with E-state index in [2.05, 4.69) is 71.2 Å². The average Bonchev–Trinajstić information content (AvgIpc) is 2.95. The van der Waals surface area contributed by atoms with Gasteiger partial charge in [0.1, 0.15) is 0 Å². The monoisotopic (exact) mass is 449 g/mol. The molecule has 1 unspecified atom stereocenters. The fourth-order valence-electron chi connectivity index (χ4n) is 2.61. The van der Waals surface area contributed by atoms with Crippen LogP contribution in [0.5, 0.6) is 0 Å². The van der Waals surface area contributed by atoms with Gasteiger partial charge in [0.05, 0.1) is 6.54 Å². The zero-order valence-corrected chi connectivity index (χ0v) is 18.3. The van der Waals surface area contributed by atoms with Crippen LogP contribution in [0.3, 0.4) is 0 Å². The number of nitrogens with one attached hydrogen (secondary N) is 2. The average molecular weight is 449 g/mol. The zero-order valence-electron chi connectivity index (χ0n) is 16.0. The summed E-state index contributed by atoms with van der Waals surface area (Å²) >= 11 is 0. The summed E-state index contributed by atoms with van der Waals surface area (Å²) in [6.07, 6.45) is 6.54. The normalized spacial score (nSPS) is 12.8. The van der Waals surface area contributed by atoms with E-state index in [4.69, 9.17) is 0 Å². The molecule has 1 atom stereocenters. The van der Waals surface area contributed by atoms with E-state index in [1.807, 2.05) is 7.05 Å². The third kappa shape index (κ3) is 9.52. The van der Waals surface area contributed by atoms with Gasteiger partial charge in [0.25, 0.3) is 0 Å². The second kappa shape index (κ2) is 13.5. The van der Waals surface area contributed by atoms with E-state index in [0.29, 0.717) is 12.6 Å². The number of aliphatic imine (C=N–C) groups is 1. The van der Waals surface area contributed by atoms with Gasteiger partial charge in [0.15, 0.2) is 5.96 Å². The lowest BCUT2D eigenvalue weighted by molar-refractivity contribution is 0.292. The van der Waals surface area contributed by atoms with Crippen LogP contribution in [0.1, 0.15) is 46.1 Å². The van der Waals surface area contributed by atoms with Gasteiger partial charge in [-0.1, -0.05) is 13.8 Å². The number of guanidine groups is 1. The first-order valence-electron chi connectivity index (χ1n) is 8.97. The molecule has 0 radical (unpaired) electrons. The van der Waals surface area contributed by atoms with Crippen LogP contribution in [0.25, 0.3) is 0 Å². The maximum atomic E-state index is 4.68. The molecule has 6 heteroatoms. The third-order valence-electron chi connectivity index (χ3n) is 4.05. The predicted octanol–water partition coefficient (Wildman–Crippen LogP) is 3.21. The highest BCUT2D eigenvalue weighted by molar-refractivity contribution is 14.0. The lowest BCUT2D eigenvalue weighted by Gasteiger charge is -2.21. The summed E-state index contributed by atoms with van der Waals surface area (Å²) in [5, 5.41) is 6.85. The first-order chi connectivity index (χ1) is 11.1. The van der Waals surface area contributed by atoms with Crippen LogP contribution in [0.2, 0.25) is 0 Å². The number of hydrogen-bond donors (Lipinski definition) is 2. The molecule has 0 amide bonds. The molecule has 0 saturated heterocycles. The van der Waals surface area contributed by atoms with E-state index >= 15 is 0 Å². The van der Waals surface area contributed by atoms with E-state index in [-0.39, 0.29) is 24.0 Å². The summed E-state index contributed by atoms with van der Waals surface area (Å²) in [5.41, 5.74) is 1.24. The van der Waals surface area contributed by atoms with Crippen LogP contribution in [-0.2, 0) is 13.6 Å². The summed E-state index contributed by atoms with van der Waals surface area (Å²) in [7, 11) is 2.04. The molecule has 0 aliphatic heterocycles. The molecule has 1 aromatic rings. The molecule has 0 aromatic carbocycles. The second-order valence-corrected chi connectivity index (χ2v) is 6.09. The Kier molecular flexibility index (Phi) is 13.1. The number of halogens is 1. The van der Waals surface area contributed by atoms with Crippen molar-refractivity contribution in [2.45, 2.75) is 53.1 Å². The minimum absolute atomic E-state index is 0. The van der Waals surface area contributed by atoms with Crippen LogP contribution in [0.15, 0.2) is 23.5 Å². The van der Waals surface area contributed by atoms with Gasteiger partial charge in [-0.05, 0) is 58.0 Å². The fourth-order valence-corrected chi connectivity index (χ4v) is 2.61. The third-order valence-corrected chi connectivity index (χ3v) is 4.05. The molecule has 0 bridgehead atoms. The summed E-state index contributed by atoms with van der Waals surface area (Å²) < 4.78 is 2.06. The van der Waals surface area contributed by atoms with Crippen molar-refractivity contribution in [3.63, 3.8) is 0 Å². The SMILES string of the molecule is CCNC(=NCc1ccn(C)c1)NC(C)CCCN(CC)CC.I. The zero-order chi connectivity index (χ0) is 17.1. The molecule has 24 heavy (non-hydrogen) atoms. The van der Waals surface area contributed by atoms with E-state index in [0.717, 1.165) is 32.0 Å². The number of rotatable bonds is 10. The Bertz CT molecular complexity index is 454. The molecule has 5 nitrogen and oxygen atoms in total. The molecule has 1 heterocycles. The second-order valence-electron chi connectivity index (χ2n) is 6.09. The largest absolute Gasteiger partial charge is 0.357 e. The van der Waals surface area contributed by atoms with Crippen molar-refractivity contribution >= 4 is 29.9 Å². The number of aromatic nitrogens is 1. The van der Waals surface area contributed by atoms with Gasteiger partial charge in [-0.25, -0.2) is 4.99 Å². The molecule has 1 rings (SSSR count). The predicted molar refractivity (Wildman–Crippen MR) is 115 cm³/mol. The van der Waals surface area contributed by atoms with E-state index in [1.165, 1.54) is 18.5 Å². The minimum Gasteiger partial charge on any atom is -0.357 e. The molecular formula is C18H36IN5. The summed E-state index contributed by atoms with van der Waals surface area (Å²) in [4.78, 5) is 7.16. The first kappa shape index (κ1) is 23.2. The van der Waals surface area contributed by atoms with Crippen LogP contribution in [0, 0.1) is 0 Å². The van der Waals surface area contributed by atoms with Gasteiger partial charge in [-0.2, -0.15) is 0 Å². The Morgan fingerprint density at radius 3 is 2.54 bits per heavy atom. The quantitative estimate of drug-likeness (QED) is 0.328. The van der Waals surface area contributed by atoms with Crippen molar-refractivity contribution < 1.29 is 0 Å². The van der Waals surface area contributed by atoms with E-state index in [9.17, 15) is 0 Å². The Morgan fingerprint density at radius 2 is 2.00 bits per heavy atom. The molecule has 0 fully saturated rings. The van der Waals surface area contributed by atoms with Gasteiger partial charge >= 0.3 is 0 Å². The van der Waals surface area contributed by atoms with Gasteiger partial charge in [0.2, 0.25) is 0 Å². The summed E-state index contributed by atoms with van der Waals surface area (Å²) in [6, 6.07) is 2.54. The van der Waals surface area contributed by atoms with Gasteiger partial charge in [-0.3, -0.25) is 0 Å². The van der Waals surface area contributed by atoms with Crippen LogP contribution >= 0.6 is 24.0 Å². The summed E-state index contributed by atoms with van der Waals surface area (Å²) in [5.74, 6) is 0.909. The Morgan fingerprint density at radius 1 is 1.29 bits per heavy atom. The lowest BCUT2D eigenvalue weighted by Crippen LogP contribution is -2.42. The standard InChI is InChI=1S/C18H35N5.HI/c1-6-19-18(20-14-17-11-13-22(5)15-17)21-16(4)10-9-12-23(7-2)8-3;/h11,13,15-16H,6-10,12,14H2,1-5H3,(H2,19,20,21);1H. The van der Waals surface area contributed by atoms with Crippen LogP contribution in [0.4, 0.5) is 0 Å². The first-order valence-corrected chi connectivity index (χ1v) is 8.97. The molecule has 0 saturated carbocycles. The Balaban J connectivity index is 0.00000529. The van der Waals surface area contributed by atoms with Crippen molar-refractivity contribution in [3.8, 4) is 0 Å². The maximum absolute atomic E-state index is 4.68. The van der Waals surface area contributed by atoms with Crippen LogP contribution in [-0.4, -0.2) is 47.6 Å². The van der Waals surface area contributed by atoms with E-state index in [1.54, 1.807) is 0 Å². The van der Waals surface area contributed by atoms with Crippen molar-refractivity contribution in [1.29, 1.82) is 0 Å². The molecule has 140 valence electrons. The molecule has 0 aliphatic carbocycles. The number of aryl methyl sites for hydroxylation is 1. The number of nitrogens with zero attached hydrogens (tertiary/aromatic N) is 3. The van der Waals surface area contributed by atoms with Gasteiger partial charge in [0, 0.05) is 32.0 Å². The molecule has 1 aromatic heterocycles. The smallest absolute Gasteiger partial charge is 0.191 e. The van der Waals surface area contributed by atoms with Crippen LogP contribution < -0.4 is 10.6 Å². The molecule has 2 N–H and O–H groups in total. The van der Waals surface area contributed by atoms with Gasteiger partial charge in [-0.15, -0.1) is 24.0 Å². The highest BCUT2D eigenvalue weighted by atomic mass is 127. The molecule has 0 spiro atoms. The highest BCUT2D eigenvalue weighted by Gasteiger charge is 2.06. The Hall–Kier alpha value is -0.760. The van der Waals surface area contributed by atoms with Crippen molar-refractivity contribution in [2.24, 2.45) is 12.0 Å². The molecular weight excluding hydrogens is 413 g/mol. The highest BCUT2D eigenvalue weighted by Crippen LogP contribution is 2.02. The van der Waals surface area contributed by atoms with E-state index < -0.39 is 0 Å². The van der Waals surface area contributed by atoms with Crippen molar-refractivity contribution in [1.82, 2.24) is 20.1 Å². The molecule has 0 aliphatic rings. The van der Waals surface area contributed by atoms with Crippen molar-refractivity contribution in [3.05, 3.63) is 24.0 Å². The summed E-state index contributed by atoms with van der Waals surface area (Å²) in [6.45, 7) is 13.8.